The molecule has 3 radical (unpaired) electrons. The van der Waals surface area contributed by atoms with Gasteiger partial charge in [0.1, 0.15) is 0 Å². The molecule has 1 heterocycles. The number of aromatic nitrogens is 2. The van der Waals surface area contributed by atoms with E-state index in [1.807, 2.05) is 6.07 Å². The minimum atomic E-state index is -0.441. The number of fused-ring (bicyclic) bond motifs is 3. The predicted molar refractivity (Wildman–Crippen MR) is 70.2 cm³/mol. The van der Waals surface area contributed by atoms with Gasteiger partial charge in [-0.1, -0.05) is 24.3 Å². The highest BCUT2D eigenvalue weighted by Crippen LogP contribution is 2.36. The Labute approximate surface area is 115 Å². The Balaban J connectivity index is 0.00000121. The largest absolute Gasteiger partial charge is 0.471 e. The first-order valence-electron chi connectivity index (χ1n) is 6.08. The Morgan fingerprint density at radius 3 is 2.65 bits per heavy atom. The molecule has 3 aromatic rings. The van der Waals surface area contributed by atoms with Crippen molar-refractivity contribution in [1.29, 1.82) is 0 Å². The molecule has 0 N–H and O–H groups in total. The van der Waals surface area contributed by atoms with E-state index in [-0.39, 0.29) is 6.15 Å². The molecule has 0 aliphatic heterocycles. The van der Waals surface area contributed by atoms with Crippen LogP contribution >= 0.6 is 0 Å². The monoisotopic (exact) mass is 264 g/mol. The van der Waals surface area contributed by atoms with E-state index in [9.17, 15) is 4.79 Å². The van der Waals surface area contributed by atoms with Gasteiger partial charge in [0.15, 0.2) is 0 Å². The fourth-order valence-corrected chi connectivity index (χ4v) is 2.63. The Morgan fingerprint density at radius 2 is 1.85 bits per heavy atom. The van der Waals surface area contributed by atoms with Crippen molar-refractivity contribution < 1.29 is 9.20 Å². The van der Waals surface area contributed by atoms with E-state index in [0.29, 0.717) is 0 Å². The van der Waals surface area contributed by atoms with Gasteiger partial charge in [-0.15, -0.1) is 0 Å². The summed E-state index contributed by atoms with van der Waals surface area (Å²) in [4.78, 5) is 11.0. The molecule has 0 spiro atoms. The van der Waals surface area contributed by atoms with Crippen LogP contribution in [0.3, 0.4) is 0 Å². The average molecular weight is 264 g/mol. The summed E-state index contributed by atoms with van der Waals surface area (Å²) in [6.07, 6.45) is 2.26. The lowest BCUT2D eigenvalue weighted by molar-refractivity contribution is -0.676. The normalized spacial score (nSPS) is 11.6. The second-order valence-electron chi connectivity index (χ2n) is 4.64. The highest BCUT2D eigenvalue weighted by Gasteiger charge is 2.19. The zero-order valence-corrected chi connectivity index (χ0v) is 10.5. The van der Waals surface area contributed by atoms with Crippen molar-refractivity contribution in [2.75, 3.05) is 0 Å². The van der Waals surface area contributed by atoms with Gasteiger partial charge >= 0.3 is 5.63 Å². The maximum absolute atomic E-state index is 11.0. The Kier molecular flexibility index (Phi) is 2.76. The molecular formula is C15H10N3O2. The van der Waals surface area contributed by atoms with Crippen LogP contribution in [0.15, 0.2) is 58.0 Å². The van der Waals surface area contributed by atoms with E-state index in [2.05, 4.69) is 46.2 Å². The van der Waals surface area contributed by atoms with Gasteiger partial charge in [0, 0.05) is 18.3 Å². The van der Waals surface area contributed by atoms with Crippen LogP contribution in [0, 0.1) is 0 Å². The van der Waals surface area contributed by atoms with Crippen molar-refractivity contribution in [1.82, 2.24) is 11.4 Å². The third-order valence-electron chi connectivity index (χ3n) is 3.49. The molecule has 1 aliphatic carbocycles. The highest BCUT2D eigenvalue weighted by atomic mass is 16.5. The first-order chi connectivity index (χ1) is 9.31. The third kappa shape index (κ3) is 1.76. The second-order valence-corrected chi connectivity index (χ2v) is 4.64. The van der Waals surface area contributed by atoms with Crippen molar-refractivity contribution in [2.24, 2.45) is 0 Å². The van der Waals surface area contributed by atoms with E-state index in [4.69, 9.17) is 0 Å². The van der Waals surface area contributed by atoms with Crippen LogP contribution in [-0.2, 0) is 6.42 Å². The molecule has 0 unspecified atom stereocenters. The molecule has 97 valence electrons. The van der Waals surface area contributed by atoms with Crippen LogP contribution in [0.1, 0.15) is 11.1 Å². The average Bonchev–Trinajstić information content (AvgIpc) is 3.01. The van der Waals surface area contributed by atoms with Crippen LogP contribution in [0.2, 0.25) is 0 Å². The quantitative estimate of drug-likeness (QED) is 0.480. The van der Waals surface area contributed by atoms with Crippen molar-refractivity contribution in [2.45, 2.75) is 6.42 Å². The summed E-state index contributed by atoms with van der Waals surface area (Å²) < 4.78 is 6.02. The third-order valence-corrected chi connectivity index (χ3v) is 3.49. The second kappa shape index (κ2) is 4.47. The minimum Gasteiger partial charge on any atom is -0.471 e. The molecule has 5 heteroatoms. The molecule has 0 amide bonds. The number of hydrogen-bond acceptors (Lipinski definition) is 2. The lowest BCUT2D eigenvalue weighted by atomic mass is 10.1. The van der Waals surface area contributed by atoms with E-state index >= 15 is 0 Å². The van der Waals surface area contributed by atoms with E-state index in [1.165, 1.54) is 33.1 Å². The van der Waals surface area contributed by atoms with Crippen molar-refractivity contribution in [3.8, 4) is 16.8 Å². The summed E-state index contributed by atoms with van der Waals surface area (Å²) in [7, 11) is 0. The van der Waals surface area contributed by atoms with Crippen LogP contribution in [0.4, 0.5) is 0 Å². The van der Waals surface area contributed by atoms with Gasteiger partial charge in [0.05, 0.1) is 0 Å². The molecule has 0 saturated heterocycles. The standard InChI is InChI=1S/C15H10N2O2.N/c18-15-9-17(16-19-15)12-5-6-14-11(8-12)7-10-3-1-2-4-13(10)14;/h1-6,8-9H,7H2;. The fraction of sp³-hybridized carbons (Fsp3) is 0.0667. The Bertz CT molecular complexity index is 833. The van der Waals surface area contributed by atoms with Gasteiger partial charge < -0.3 is 4.52 Å². The van der Waals surface area contributed by atoms with Crippen LogP contribution in [0.25, 0.3) is 16.8 Å². The molecule has 20 heavy (non-hydrogen) atoms. The summed E-state index contributed by atoms with van der Waals surface area (Å²) in [5.41, 5.74) is 5.54. The van der Waals surface area contributed by atoms with E-state index in [0.717, 1.165) is 12.1 Å². The van der Waals surface area contributed by atoms with Crippen molar-refractivity contribution in [3.05, 3.63) is 70.2 Å². The van der Waals surface area contributed by atoms with Gasteiger partial charge in [-0.3, -0.25) is 0 Å². The molecule has 2 aromatic carbocycles. The van der Waals surface area contributed by atoms with Gasteiger partial charge in [-0.05, 0) is 34.7 Å². The molecule has 0 atom stereocenters. The van der Waals surface area contributed by atoms with E-state index in [1.54, 1.807) is 0 Å². The molecule has 1 aromatic heterocycles. The zero-order valence-electron chi connectivity index (χ0n) is 10.5. The van der Waals surface area contributed by atoms with E-state index < -0.39 is 5.63 Å². The molecule has 0 fully saturated rings. The van der Waals surface area contributed by atoms with Crippen molar-refractivity contribution in [3.63, 3.8) is 0 Å². The van der Waals surface area contributed by atoms with Crippen LogP contribution in [-0.4, -0.2) is 0 Å². The first-order valence-corrected chi connectivity index (χ1v) is 6.08. The van der Waals surface area contributed by atoms with Gasteiger partial charge in [-0.25, -0.2) is 14.7 Å². The Hall–Kier alpha value is -2.66. The number of rotatable bonds is 1. The molecule has 0 bridgehead atoms. The summed E-state index contributed by atoms with van der Waals surface area (Å²) in [6.45, 7) is 0. The SMILES string of the molecule is O=c1c[n+](-c2ccc3c(c2)Cc2ccccc2-3)[n-]o1.[N]. The summed E-state index contributed by atoms with van der Waals surface area (Å²) in [6, 6.07) is 14.5. The molecule has 5 nitrogen and oxygen atoms in total. The van der Waals surface area contributed by atoms with Crippen LogP contribution in [0.5, 0.6) is 0 Å². The minimum absolute atomic E-state index is 0. The zero-order chi connectivity index (χ0) is 12.8. The van der Waals surface area contributed by atoms with Gasteiger partial charge in [0.2, 0.25) is 5.69 Å². The molecule has 0 saturated carbocycles. The summed E-state index contributed by atoms with van der Waals surface area (Å²) in [5.74, 6) is 0. The van der Waals surface area contributed by atoms with Gasteiger partial charge in [-0.2, -0.15) is 0 Å². The smallest absolute Gasteiger partial charge is 0.389 e. The lowest BCUT2D eigenvalue weighted by Crippen LogP contribution is -2.34. The summed E-state index contributed by atoms with van der Waals surface area (Å²) in [5, 5.41) is 3.69. The maximum Gasteiger partial charge on any atom is 0.389 e. The topological polar surface area (TPSA) is 78.7 Å². The lowest BCUT2D eigenvalue weighted by Gasteiger charge is -2.02. The maximum atomic E-state index is 11.0. The van der Waals surface area contributed by atoms with Crippen LogP contribution < -0.4 is 21.7 Å². The highest BCUT2D eigenvalue weighted by molar-refractivity contribution is 5.77. The number of hydrogen-bond donors (Lipinski definition) is 0. The predicted octanol–water partition coefficient (Wildman–Crippen LogP) is 0.964. The number of benzene rings is 2. The first kappa shape index (κ1) is 12.4. The molecular weight excluding hydrogens is 254 g/mol. The molecule has 4 rings (SSSR count). The summed E-state index contributed by atoms with van der Waals surface area (Å²) >= 11 is 0. The Morgan fingerprint density at radius 1 is 1.05 bits per heavy atom. The molecule has 1 aliphatic rings. The van der Waals surface area contributed by atoms with Gasteiger partial charge in [0.25, 0.3) is 6.20 Å². The van der Waals surface area contributed by atoms with Crippen molar-refractivity contribution >= 4 is 0 Å². The number of nitrogens with zero attached hydrogens (tertiary/aromatic N) is 3. The fourth-order valence-electron chi connectivity index (χ4n) is 2.63.